The molecule has 0 aromatic heterocycles. The van der Waals surface area contributed by atoms with E-state index in [1.54, 1.807) is 0 Å². The summed E-state index contributed by atoms with van der Waals surface area (Å²) in [6, 6.07) is 0. The summed E-state index contributed by atoms with van der Waals surface area (Å²) >= 11 is 0. The van der Waals surface area contributed by atoms with Crippen LogP contribution in [0.1, 0.15) is 66.2 Å². The standard InChI is InChI=1S/C31H52O10/c1-17(12-14-38-28-26(35)25(34)21(37-6)16-39-28)7-9-19-18(2)8-10-22-30(3,4)23(11-13-31(19,22)5)41-29-27(36)24(33)20(15-32)40-29/h12,19-29,32-36H,2,7-11,13-16H2,1,3-6H3/b17-12+/t19-,20+,21-,22+,23+,24-,25-,26-,27-,28-,29-,31-/m1/s1. The van der Waals surface area contributed by atoms with E-state index in [0.29, 0.717) is 11.8 Å². The van der Waals surface area contributed by atoms with E-state index in [9.17, 15) is 25.5 Å². The van der Waals surface area contributed by atoms with Crippen LogP contribution >= 0.6 is 0 Å². The topological polar surface area (TPSA) is 147 Å². The molecule has 2 saturated heterocycles. The largest absolute Gasteiger partial charge is 0.394 e. The number of hydrogen-bond donors (Lipinski definition) is 5. The summed E-state index contributed by atoms with van der Waals surface area (Å²) in [5.41, 5.74) is 2.34. The lowest BCUT2D eigenvalue weighted by atomic mass is 9.46. The molecular formula is C31H52O10. The van der Waals surface area contributed by atoms with Gasteiger partial charge in [-0.15, -0.1) is 0 Å². The second-order valence-corrected chi connectivity index (χ2v) is 13.4. The summed E-state index contributed by atoms with van der Waals surface area (Å²) in [5, 5.41) is 50.5. The normalized spacial score (nSPS) is 45.1. The van der Waals surface area contributed by atoms with Crippen LogP contribution in [-0.2, 0) is 23.7 Å². The Labute approximate surface area is 244 Å². The van der Waals surface area contributed by atoms with Crippen LogP contribution in [0.5, 0.6) is 0 Å². The Morgan fingerprint density at radius 1 is 1.05 bits per heavy atom. The van der Waals surface area contributed by atoms with E-state index in [0.717, 1.165) is 38.5 Å². The number of methoxy groups -OCH3 is 1. The molecule has 0 aromatic rings. The van der Waals surface area contributed by atoms with E-state index >= 15 is 0 Å². The molecule has 0 bridgehead atoms. The molecule has 4 rings (SSSR count). The first-order valence-electron chi connectivity index (χ1n) is 15.1. The van der Waals surface area contributed by atoms with Crippen molar-refractivity contribution in [1.29, 1.82) is 0 Å². The van der Waals surface area contributed by atoms with Gasteiger partial charge in [0.2, 0.25) is 0 Å². The highest BCUT2D eigenvalue weighted by Gasteiger charge is 2.57. The lowest BCUT2D eigenvalue weighted by molar-refractivity contribution is -0.270. The van der Waals surface area contributed by atoms with Crippen molar-refractivity contribution < 1.29 is 49.2 Å². The molecule has 10 nitrogen and oxygen atoms in total. The van der Waals surface area contributed by atoms with Crippen LogP contribution in [-0.4, -0.2) is 108 Å². The highest BCUT2D eigenvalue weighted by molar-refractivity contribution is 5.18. The molecule has 4 aliphatic rings. The Bertz CT molecular complexity index is 923. The third kappa shape index (κ3) is 6.62. The first-order chi connectivity index (χ1) is 19.3. The molecule has 2 saturated carbocycles. The average Bonchev–Trinajstić information content (AvgIpc) is 3.20. The fraction of sp³-hybridized carbons (Fsp3) is 0.871. The summed E-state index contributed by atoms with van der Waals surface area (Å²) in [6.45, 7) is 13.5. The van der Waals surface area contributed by atoms with Crippen LogP contribution in [0, 0.1) is 22.7 Å². The number of ether oxygens (including phenoxy) is 5. The van der Waals surface area contributed by atoms with Crippen molar-refractivity contribution in [3.8, 4) is 0 Å². The van der Waals surface area contributed by atoms with E-state index in [1.165, 1.54) is 18.3 Å². The smallest absolute Gasteiger partial charge is 0.186 e. The lowest BCUT2D eigenvalue weighted by Gasteiger charge is -2.60. The van der Waals surface area contributed by atoms with Crippen molar-refractivity contribution in [2.45, 2.75) is 122 Å². The van der Waals surface area contributed by atoms with Gasteiger partial charge in [-0.3, -0.25) is 0 Å². The minimum atomic E-state index is -1.19. The van der Waals surface area contributed by atoms with Crippen molar-refractivity contribution in [1.82, 2.24) is 0 Å². The maximum absolute atomic E-state index is 10.5. The number of aliphatic hydroxyl groups excluding tert-OH is 5. The van der Waals surface area contributed by atoms with E-state index < -0.39 is 49.2 Å². The van der Waals surface area contributed by atoms with Gasteiger partial charge in [0.05, 0.1) is 25.9 Å². The zero-order valence-corrected chi connectivity index (χ0v) is 25.3. The highest BCUT2D eigenvalue weighted by Crippen LogP contribution is 2.62. The molecule has 0 amide bonds. The fourth-order valence-electron chi connectivity index (χ4n) is 7.95. The third-order valence-electron chi connectivity index (χ3n) is 10.6. The van der Waals surface area contributed by atoms with E-state index in [4.69, 9.17) is 23.7 Å². The summed E-state index contributed by atoms with van der Waals surface area (Å²) < 4.78 is 28.3. The number of allylic oxidation sites excluding steroid dienone is 2. The lowest BCUT2D eigenvalue weighted by Crippen LogP contribution is -2.56. The van der Waals surface area contributed by atoms with Gasteiger partial charge in [0.1, 0.15) is 36.6 Å². The Balaban J connectivity index is 1.34. The molecule has 41 heavy (non-hydrogen) atoms. The minimum Gasteiger partial charge on any atom is -0.394 e. The first kappa shape index (κ1) is 33.0. The zero-order valence-electron chi connectivity index (χ0n) is 25.3. The summed E-state index contributed by atoms with van der Waals surface area (Å²) in [7, 11) is 1.47. The Morgan fingerprint density at radius 2 is 1.76 bits per heavy atom. The highest BCUT2D eigenvalue weighted by atomic mass is 16.7. The Morgan fingerprint density at radius 3 is 2.41 bits per heavy atom. The van der Waals surface area contributed by atoms with Crippen LogP contribution < -0.4 is 0 Å². The molecule has 5 N–H and O–H groups in total. The second kappa shape index (κ2) is 13.4. The molecule has 2 heterocycles. The van der Waals surface area contributed by atoms with Gasteiger partial charge in [-0.25, -0.2) is 0 Å². The molecule has 12 atom stereocenters. The third-order valence-corrected chi connectivity index (χ3v) is 10.6. The number of fused-ring (bicyclic) bond motifs is 1. The van der Waals surface area contributed by atoms with Crippen LogP contribution in [0.4, 0.5) is 0 Å². The molecule has 236 valence electrons. The maximum Gasteiger partial charge on any atom is 0.186 e. The molecule has 10 heteroatoms. The van der Waals surface area contributed by atoms with Crippen LogP contribution in [0.2, 0.25) is 0 Å². The van der Waals surface area contributed by atoms with Gasteiger partial charge in [-0.1, -0.05) is 44.6 Å². The van der Waals surface area contributed by atoms with Gasteiger partial charge in [-0.05, 0) is 68.1 Å². The Kier molecular flexibility index (Phi) is 10.8. The van der Waals surface area contributed by atoms with E-state index in [2.05, 4.69) is 34.3 Å². The van der Waals surface area contributed by atoms with Crippen molar-refractivity contribution in [2.24, 2.45) is 22.7 Å². The van der Waals surface area contributed by atoms with Crippen molar-refractivity contribution >= 4 is 0 Å². The van der Waals surface area contributed by atoms with E-state index in [1.807, 2.05) is 6.08 Å². The van der Waals surface area contributed by atoms with E-state index in [-0.39, 0.29) is 36.8 Å². The van der Waals surface area contributed by atoms with Crippen LogP contribution in [0.15, 0.2) is 23.8 Å². The van der Waals surface area contributed by atoms with Gasteiger partial charge in [0.25, 0.3) is 0 Å². The molecule has 2 aliphatic carbocycles. The van der Waals surface area contributed by atoms with Crippen molar-refractivity contribution in [2.75, 3.05) is 26.9 Å². The monoisotopic (exact) mass is 584 g/mol. The fourth-order valence-corrected chi connectivity index (χ4v) is 7.95. The van der Waals surface area contributed by atoms with Gasteiger partial charge in [0.15, 0.2) is 12.6 Å². The molecule has 0 unspecified atom stereocenters. The van der Waals surface area contributed by atoms with Gasteiger partial charge in [0, 0.05) is 7.11 Å². The average molecular weight is 585 g/mol. The van der Waals surface area contributed by atoms with Crippen LogP contribution in [0.25, 0.3) is 0 Å². The first-order valence-corrected chi connectivity index (χ1v) is 15.1. The molecular weight excluding hydrogens is 532 g/mol. The maximum atomic E-state index is 10.5. The van der Waals surface area contributed by atoms with Crippen molar-refractivity contribution in [3.63, 3.8) is 0 Å². The molecule has 2 aliphatic heterocycles. The number of hydrogen-bond acceptors (Lipinski definition) is 10. The van der Waals surface area contributed by atoms with Crippen molar-refractivity contribution in [3.05, 3.63) is 23.8 Å². The van der Waals surface area contributed by atoms with Gasteiger partial charge in [-0.2, -0.15) is 0 Å². The summed E-state index contributed by atoms with van der Waals surface area (Å²) in [6.07, 6.45) is -0.375. The number of rotatable bonds is 10. The molecule has 0 radical (unpaired) electrons. The van der Waals surface area contributed by atoms with Gasteiger partial charge < -0.3 is 49.2 Å². The predicted molar refractivity (Wildman–Crippen MR) is 151 cm³/mol. The SMILES string of the molecule is C=C1CC[C@H]2C(C)(C)[C@@H](O[C@H]3O[C@@H](CO)[C@@H](O)[C@H]3O)CC[C@]2(C)[C@@H]1CC/C(C)=C/CO[C@@H]1OC[C@@H](OC)[C@@H](O)[C@H]1O. The predicted octanol–water partition coefficient (Wildman–Crippen LogP) is 2.06. The summed E-state index contributed by atoms with van der Waals surface area (Å²) in [5.74, 6) is 0.727. The molecule has 4 fully saturated rings. The molecule has 0 spiro atoms. The molecule has 0 aromatic carbocycles. The van der Waals surface area contributed by atoms with Crippen LogP contribution in [0.3, 0.4) is 0 Å². The quantitative estimate of drug-likeness (QED) is 0.242. The number of aliphatic hydroxyl groups is 5. The second-order valence-electron chi connectivity index (χ2n) is 13.4. The summed E-state index contributed by atoms with van der Waals surface area (Å²) in [4.78, 5) is 0. The zero-order chi connectivity index (χ0) is 30.1. The van der Waals surface area contributed by atoms with Gasteiger partial charge >= 0.3 is 0 Å². The Hall–Kier alpha value is -0.920. The minimum absolute atomic E-state index is 0.0475.